The maximum Gasteiger partial charge on any atom is 0.258 e. The van der Waals surface area contributed by atoms with Crippen molar-refractivity contribution < 1.29 is 9.53 Å². The molecule has 2 heterocycles. The molecule has 1 amide bonds. The van der Waals surface area contributed by atoms with Gasteiger partial charge in [-0.25, -0.2) is 9.97 Å². The van der Waals surface area contributed by atoms with Gasteiger partial charge in [0.25, 0.3) is 5.91 Å². The van der Waals surface area contributed by atoms with E-state index in [1.165, 1.54) is 12.0 Å². The van der Waals surface area contributed by atoms with Crippen molar-refractivity contribution >= 4 is 11.5 Å². The molecule has 1 aromatic carbocycles. The number of carbonyl (C=O) groups excluding carboxylic acids is 1. The van der Waals surface area contributed by atoms with Gasteiger partial charge < -0.3 is 9.64 Å². The normalized spacial score (nSPS) is 19.8. The van der Waals surface area contributed by atoms with Gasteiger partial charge in [0.15, 0.2) is 0 Å². The Labute approximate surface area is 172 Å². The molecule has 2 aliphatic rings. The number of nitrogens with zero attached hydrogens (tertiary/aromatic N) is 3. The first-order chi connectivity index (χ1) is 13.9. The number of hydrogen-bond donors (Lipinski definition) is 0. The van der Waals surface area contributed by atoms with Gasteiger partial charge in [0.1, 0.15) is 18.2 Å². The molecule has 5 heteroatoms. The van der Waals surface area contributed by atoms with Crippen LogP contribution in [0.3, 0.4) is 0 Å². The van der Waals surface area contributed by atoms with Crippen molar-refractivity contribution in [2.24, 2.45) is 11.3 Å². The highest BCUT2D eigenvalue weighted by atomic mass is 16.5. The van der Waals surface area contributed by atoms with E-state index in [0.29, 0.717) is 48.2 Å². The van der Waals surface area contributed by atoms with Crippen LogP contribution in [0.1, 0.15) is 61.8 Å². The Hall–Kier alpha value is -2.69. The lowest BCUT2D eigenvalue weighted by Crippen LogP contribution is -2.32. The standard InChI is InChI=1S/C24H29N3O2/c1-24(2,3)19-8-5-17(6-9-19)18-7-10-21-20(15-18)23(28)27(13-14-29-21)16-22-25-11-4-12-26-22/h4-5,7,10-12,15,19H,6,8-9,13-14,16H2,1-3H3. The molecular weight excluding hydrogens is 362 g/mol. The van der Waals surface area contributed by atoms with E-state index in [-0.39, 0.29) is 5.91 Å². The molecular formula is C24H29N3O2. The lowest BCUT2D eigenvalue weighted by Gasteiger charge is -2.33. The fourth-order valence-corrected chi connectivity index (χ4v) is 4.18. The number of allylic oxidation sites excluding steroid dienone is 2. The number of amides is 1. The van der Waals surface area contributed by atoms with Crippen molar-refractivity contribution in [1.82, 2.24) is 14.9 Å². The van der Waals surface area contributed by atoms with E-state index in [1.54, 1.807) is 23.4 Å². The number of carbonyl (C=O) groups is 1. The van der Waals surface area contributed by atoms with E-state index in [2.05, 4.69) is 42.9 Å². The molecule has 0 saturated carbocycles. The molecule has 1 unspecified atom stereocenters. The van der Waals surface area contributed by atoms with Crippen LogP contribution in [0, 0.1) is 11.3 Å². The van der Waals surface area contributed by atoms with Gasteiger partial charge in [0.05, 0.1) is 18.7 Å². The lowest BCUT2D eigenvalue weighted by atomic mass is 9.72. The van der Waals surface area contributed by atoms with Crippen LogP contribution in [0.2, 0.25) is 0 Å². The fraction of sp³-hybridized carbons (Fsp3) is 0.458. The maximum absolute atomic E-state index is 13.2. The summed E-state index contributed by atoms with van der Waals surface area (Å²) in [5, 5.41) is 0. The number of hydrogen-bond acceptors (Lipinski definition) is 4. The summed E-state index contributed by atoms with van der Waals surface area (Å²) in [7, 11) is 0. The van der Waals surface area contributed by atoms with Crippen molar-refractivity contribution in [1.29, 1.82) is 0 Å². The first kappa shape index (κ1) is 19.6. The highest BCUT2D eigenvalue weighted by molar-refractivity contribution is 5.98. The Bertz CT molecular complexity index is 915. The average Bonchev–Trinajstić information content (AvgIpc) is 2.87. The topological polar surface area (TPSA) is 55.3 Å². The molecule has 0 bridgehead atoms. The summed E-state index contributed by atoms with van der Waals surface area (Å²) < 4.78 is 5.87. The third-order valence-corrected chi connectivity index (χ3v) is 6.07. The summed E-state index contributed by atoms with van der Waals surface area (Å²) in [5.41, 5.74) is 3.43. The zero-order valence-corrected chi connectivity index (χ0v) is 17.5. The molecule has 0 spiro atoms. The highest BCUT2D eigenvalue weighted by Gasteiger charge is 2.28. The first-order valence-electron chi connectivity index (χ1n) is 10.4. The summed E-state index contributed by atoms with van der Waals surface area (Å²) in [6.45, 7) is 8.35. The number of benzene rings is 1. The highest BCUT2D eigenvalue weighted by Crippen LogP contribution is 2.40. The SMILES string of the molecule is CC(C)(C)C1CC=C(c2ccc3c(c2)C(=O)N(Cc2ncccn2)CCO3)CC1. The second kappa shape index (κ2) is 7.97. The zero-order valence-electron chi connectivity index (χ0n) is 17.5. The number of fused-ring (bicyclic) bond motifs is 1. The van der Waals surface area contributed by atoms with Gasteiger partial charge in [-0.15, -0.1) is 0 Å². The summed E-state index contributed by atoms with van der Waals surface area (Å²) in [4.78, 5) is 23.5. The summed E-state index contributed by atoms with van der Waals surface area (Å²) in [6.07, 6.45) is 9.10. The largest absolute Gasteiger partial charge is 0.491 e. The first-order valence-corrected chi connectivity index (χ1v) is 10.4. The van der Waals surface area contributed by atoms with Crippen molar-refractivity contribution in [3.63, 3.8) is 0 Å². The van der Waals surface area contributed by atoms with Crippen molar-refractivity contribution in [3.05, 3.63) is 59.7 Å². The molecule has 1 aliphatic carbocycles. The summed E-state index contributed by atoms with van der Waals surface area (Å²) >= 11 is 0. The molecule has 0 saturated heterocycles. The average molecular weight is 392 g/mol. The minimum Gasteiger partial charge on any atom is -0.491 e. The van der Waals surface area contributed by atoms with Crippen LogP contribution in [0.25, 0.3) is 5.57 Å². The van der Waals surface area contributed by atoms with Gasteiger partial charge in [-0.05, 0) is 59.9 Å². The Balaban J connectivity index is 1.57. The van der Waals surface area contributed by atoms with Crippen molar-refractivity contribution in [2.45, 2.75) is 46.6 Å². The third kappa shape index (κ3) is 4.34. The molecule has 29 heavy (non-hydrogen) atoms. The Kier molecular flexibility index (Phi) is 5.39. The molecule has 1 aliphatic heterocycles. The minimum atomic E-state index is -0.0178. The number of rotatable bonds is 3. The van der Waals surface area contributed by atoms with Crippen LogP contribution < -0.4 is 4.74 Å². The van der Waals surface area contributed by atoms with Gasteiger partial charge in [-0.3, -0.25) is 4.79 Å². The third-order valence-electron chi connectivity index (χ3n) is 6.07. The van der Waals surface area contributed by atoms with E-state index >= 15 is 0 Å². The van der Waals surface area contributed by atoms with E-state index in [9.17, 15) is 4.79 Å². The molecule has 2 aromatic rings. The minimum absolute atomic E-state index is 0.0178. The second-order valence-corrected chi connectivity index (χ2v) is 9.02. The van der Waals surface area contributed by atoms with Crippen molar-refractivity contribution in [3.8, 4) is 5.75 Å². The molecule has 4 rings (SSSR count). The molecule has 0 N–H and O–H groups in total. The van der Waals surface area contributed by atoms with E-state index in [4.69, 9.17) is 4.74 Å². The monoisotopic (exact) mass is 391 g/mol. The Morgan fingerprint density at radius 1 is 1.21 bits per heavy atom. The zero-order chi connectivity index (χ0) is 20.4. The van der Waals surface area contributed by atoms with Gasteiger partial charge >= 0.3 is 0 Å². The van der Waals surface area contributed by atoms with E-state index in [1.807, 2.05) is 12.1 Å². The molecule has 1 aromatic heterocycles. The number of ether oxygens (including phenoxy) is 1. The summed E-state index contributed by atoms with van der Waals surface area (Å²) in [6, 6.07) is 7.82. The van der Waals surface area contributed by atoms with Crippen LogP contribution in [0.4, 0.5) is 0 Å². The molecule has 0 fully saturated rings. The smallest absolute Gasteiger partial charge is 0.258 e. The van der Waals surface area contributed by atoms with Crippen LogP contribution in [-0.2, 0) is 6.54 Å². The second-order valence-electron chi connectivity index (χ2n) is 9.02. The van der Waals surface area contributed by atoms with Gasteiger partial charge in [0.2, 0.25) is 0 Å². The Morgan fingerprint density at radius 2 is 2.00 bits per heavy atom. The van der Waals surface area contributed by atoms with E-state index < -0.39 is 0 Å². The van der Waals surface area contributed by atoms with E-state index in [0.717, 1.165) is 18.4 Å². The molecule has 152 valence electrons. The molecule has 1 atom stereocenters. The van der Waals surface area contributed by atoms with Gasteiger partial charge in [-0.1, -0.05) is 32.9 Å². The predicted octanol–water partition coefficient (Wildman–Crippen LogP) is 4.74. The lowest BCUT2D eigenvalue weighted by molar-refractivity contribution is 0.0738. The van der Waals surface area contributed by atoms with Crippen LogP contribution in [0.5, 0.6) is 5.75 Å². The molecule has 5 nitrogen and oxygen atoms in total. The van der Waals surface area contributed by atoms with Crippen LogP contribution >= 0.6 is 0 Å². The summed E-state index contributed by atoms with van der Waals surface area (Å²) in [5.74, 6) is 2.00. The number of aromatic nitrogens is 2. The van der Waals surface area contributed by atoms with Gasteiger partial charge in [-0.2, -0.15) is 0 Å². The quantitative estimate of drug-likeness (QED) is 0.758. The maximum atomic E-state index is 13.2. The Morgan fingerprint density at radius 3 is 2.69 bits per heavy atom. The van der Waals surface area contributed by atoms with Crippen LogP contribution in [0.15, 0.2) is 42.7 Å². The molecule has 0 radical (unpaired) electrons. The van der Waals surface area contributed by atoms with Crippen LogP contribution in [-0.4, -0.2) is 33.9 Å². The van der Waals surface area contributed by atoms with Crippen molar-refractivity contribution in [2.75, 3.05) is 13.2 Å². The van der Waals surface area contributed by atoms with Gasteiger partial charge in [0, 0.05) is 12.4 Å². The predicted molar refractivity (Wildman–Crippen MR) is 113 cm³/mol. The fourth-order valence-electron chi connectivity index (χ4n) is 4.18.